The van der Waals surface area contributed by atoms with E-state index in [9.17, 15) is 22.4 Å². The highest BCUT2D eigenvalue weighted by Crippen LogP contribution is 2.45. The van der Waals surface area contributed by atoms with Gasteiger partial charge < -0.3 is 18.9 Å². The van der Waals surface area contributed by atoms with E-state index in [2.05, 4.69) is 24.7 Å². The van der Waals surface area contributed by atoms with Crippen LogP contribution in [-0.4, -0.2) is 67.2 Å². The maximum Gasteiger partial charge on any atom is 0.573 e. The molecule has 0 atom stereocenters. The molecular formula is C28H26F4N4O4S. The molecule has 3 heterocycles. The lowest BCUT2D eigenvalue weighted by molar-refractivity contribution is -0.274. The molecule has 1 aliphatic heterocycles. The van der Waals surface area contributed by atoms with Crippen molar-refractivity contribution in [1.29, 1.82) is 0 Å². The molecule has 2 aromatic heterocycles. The summed E-state index contributed by atoms with van der Waals surface area (Å²) in [7, 11) is 1.25. The van der Waals surface area contributed by atoms with Gasteiger partial charge in [0.05, 0.1) is 17.4 Å². The van der Waals surface area contributed by atoms with Crippen LogP contribution in [0.3, 0.4) is 0 Å². The number of anilines is 1. The average molecular weight is 591 g/mol. The monoisotopic (exact) mass is 590 g/mol. The van der Waals surface area contributed by atoms with E-state index in [-0.39, 0.29) is 28.3 Å². The fourth-order valence-electron chi connectivity index (χ4n) is 5.10. The van der Waals surface area contributed by atoms with Gasteiger partial charge in [-0.05, 0) is 43.5 Å². The number of piperazine rings is 1. The Labute approximate surface area is 236 Å². The number of hydrogen-bond donors (Lipinski definition) is 0. The van der Waals surface area contributed by atoms with Crippen LogP contribution in [0.25, 0.3) is 21.5 Å². The third kappa shape index (κ3) is 5.87. The van der Waals surface area contributed by atoms with E-state index in [0.717, 1.165) is 43.3 Å². The van der Waals surface area contributed by atoms with Crippen molar-refractivity contribution in [2.24, 2.45) is 0 Å². The first-order valence-corrected chi connectivity index (χ1v) is 14.0. The standard InChI is InChI=1S/C28H26F4N4O4S/c1-38-26(37)17-14-20(29)24-22(15-17)41-27(33-24)36-12-10-35(11-13-36)9-8-19-23(34-40-25(19)16-6-7-16)18-4-2-3-5-21(18)39-28(30,31)32/h2-5,14-16H,6-13H2,1H3. The summed E-state index contributed by atoms with van der Waals surface area (Å²) in [5.74, 6) is -0.508. The zero-order valence-electron chi connectivity index (χ0n) is 22.0. The Morgan fingerprint density at radius 2 is 1.90 bits per heavy atom. The molecule has 2 fully saturated rings. The van der Waals surface area contributed by atoms with Gasteiger partial charge in [0.15, 0.2) is 10.9 Å². The second-order valence-corrected chi connectivity index (χ2v) is 11.1. The summed E-state index contributed by atoms with van der Waals surface area (Å²) in [4.78, 5) is 20.7. The van der Waals surface area contributed by atoms with E-state index >= 15 is 0 Å². The lowest BCUT2D eigenvalue weighted by Crippen LogP contribution is -2.47. The molecular weight excluding hydrogens is 564 g/mol. The number of alkyl halides is 3. The Bertz CT molecular complexity index is 1580. The van der Waals surface area contributed by atoms with Crippen LogP contribution in [0.15, 0.2) is 40.9 Å². The van der Waals surface area contributed by atoms with Crippen LogP contribution >= 0.6 is 11.3 Å². The minimum atomic E-state index is -4.82. The van der Waals surface area contributed by atoms with Crippen LogP contribution in [0.4, 0.5) is 22.7 Å². The molecule has 0 amide bonds. The van der Waals surface area contributed by atoms with Crippen molar-refractivity contribution in [1.82, 2.24) is 15.0 Å². The molecule has 6 rings (SSSR count). The van der Waals surface area contributed by atoms with Crippen molar-refractivity contribution < 1.29 is 36.4 Å². The molecule has 2 aliphatic rings. The third-order valence-corrected chi connectivity index (χ3v) is 8.38. The van der Waals surface area contributed by atoms with E-state index in [1.807, 2.05) is 0 Å². The first-order valence-electron chi connectivity index (χ1n) is 13.2. The van der Waals surface area contributed by atoms with E-state index in [1.165, 1.54) is 30.6 Å². The number of benzene rings is 2. The molecule has 8 nitrogen and oxygen atoms in total. The minimum Gasteiger partial charge on any atom is -0.465 e. The highest BCUT2D eigenvalue weighted by atomic mass is 32.1. The van der Waals surface area contributed by atoms with Crippen molar-refractivity contribution in [3.63, 3.8) is 0 Å². The highest BCUT2D eigenvalue weighted by Gasteiger charge is 2.36. The number of thiazole rings is 1. The van der Waals surface area contributed by atoms with Gasteiger partial charge in [-0.15, -0.1) is 13.2 Å². The van der Waals surface area contributed by atoms with Crippen LogP contribution in [0.2, 0.25) is 0 Å². The second-order valence-electron chi connectivity index (χ2n) is 10.1. The Balaban J connectivity index is 1.15. The smallest absolute Gasteiger partial charge is 0.465 e. The zero-order valence-corrected chi connectivity index (χ0v) is 22.9. The first-order chi connectivity index (χ1) is 19.7. The molecule has 0 unspecified atom stereocenters. The normalized spacial score (nSPS) is 16.4. The molecule has 2 aromatic carbocycles. The summed E-state index contributed by atoms with van der Waals surface area (Å²) in [6.45, 7) is 3.44. The van der Waals surface area contributed by atoms with Crippen LogP contribution in [-0.2, 0) is 11.2 Å². The summed E-state index contributed by atoms with van der Waals surface area (Å²) in [5.41, 5.74) is 1.81. The molecule has 41 heavy (non-hydrogen) atoms. The maximum absolute atomic E-state index is 14.6. The minimum absolute atomic E-state index is 0.142. The Morgan fingerprint density at radius 1 is 1.15 bits per heavy atom. The summed E-state index contributed by atoms with van der Waals surface area (Å²) >= 11 is 1.33. The first kappa shape index (κ1) is 27.5. The van der Waals surface area contributed by atoms with Gasteiger partial charge in [0.2, 0.25) is 0 Å². The molecule has 0 bridgehead atoms. The van der Waals surface area contributed by atoms with Crippen LogP contribution in [0.5, 0.6) is 5.75 Å². The van der Waals surface area contributed by atoms with Gasteiger partial charge in [-0.3, -0.25) is 4.90 Å². The SMILES string of the molecule is COC(=O)c1cc(F)c2nc(N3CCN(CCc4c(-c5ccccc5OC(F)(F)F)noc4C4CC4)CC3)sc2c1. The Hall–Kier alpha value is -3.71. The van der Waals surface area contributed by atoms with E-state index in [0.29, 0.717) is 41.6 Å². The van der Waals surface area contributed by atoms with Crippen LogP contribution < -0.4 is 9.64 Å². The van der Waals surface area contributed by atoms with Crippen LogP contribution in [0.1, 0.15) is 40.4 Å². The van der Waals surface area contributed by atoms with Gasteiger partial charge in [-0.2, -0.15) is 0 Å². The lowest BCUT2D eigenvalue weighted by atomic mass is 10.0. The van der Waals surface area contributed by atoms with Gasteiger partial charge >= 0.3 is 12.3 Å². The average Bonchev–Trinajstić information content (AvgIpc) is 3.55. The van der Waals surface area contributed by atoms with Gasteiger partial charge in [0.25, 0.3) is 0 Å². The molecule has 1 aliphatic carbocycles. The van der Waals surface area contributed by atoms with E-state index in [1.54, 1.807) is 18.2 Å². The molecule has 4 aromatic rings. The topological polar surface area (TPSA) is 80.9 Å². The zero-order chi connectivity index (χ0) is 28.7. The third-order valence-electron chi connectivity index (χ3n) is 7.31. The quantitative estimate of drug-likeness (QED) is 0.182. The van der Waals surface area contributed by atoms with Crippen LogP contribution in [0, 0.1) is 5.82 Å². The number of hydrogen-bond acceptors (Lipinski definition) is 9. The largest absolute Gasteiger partial charge is 0.573 e. The van der Waals surface area contributed by atoms with E-state index < -0.39 is 18.1 Å². The molecule has 216 valence electrons. The van der Waals surface area contributed by atoms with Gasteiger partial charge in [-0.1, -0.05) is 28.6 Å². The van der Waals surface area contributed by atoms with E-state index in [4.69, 9.17) is 9.26 Å². The molecule has 1 saturated heterocycles. The number of fused-ring (bicyclic) bond motifs is 1. The second kappa shape index (κ2) is 10.9. The fourth-order valence-corrected chi connectivity index (χ4v) is 6.17. The Morgan fingerprint density at radius 3 is 2.61 bits per heavy atom. The number of aromatic nitrogens is 2. The van der Waals surface area contributed by atoms with Gasteiger partial charge in [0, 0.05) is 49.8 Å². The van der Waals surface area contributed by atoms with Gasteiger partial charge in [-0.25, -0.2) is 14.2 Å². The lowest BCUT2D eigenvalue weighted by Gasteiger charge is -2.34. The van der Waals surface area contributed by atoms with Crippen molar-refractivity contribution in [2.45, 2.75) is 31.5 Å². The predicted octanol–water partition coefficient (Wildman–Crippen LogP) is 6.02. The molecule has 1 saturated carbocycles. The van der Waals surface area contributed by atoms with Gasteiger partial charge in [0.1, 0.15) is 22.7 Å². The predicted molar refractivity (Wildman–Crippen MR) is 144 cm³/mol. The number of halogens is 4. The van der Waals surface area contributed by atoms with Crippen molar-refractivity contribution in [3.8, 4) is 17.0 Å². The number of methoxy groups -OCH3 is 1. The number of rotatable bonds is 8. The summed E-state index contributed by atoms with van der Waals surface area (Å²) < 4.78 is 69.0. The number of ether oxygens (including phenoxy) is 2. The number of nitrogens with zero attached hydrogens (tertiary/aromatic N) is 4. The molecule has 0 N–H and O–H groups in total. The van der Waals surface area contributed by atoms with Crippen molar-refractivity contribution in [3.05, 3.63) is 59.1 Å². The van der Waals surface area contributed by atoms with Crippen molar-refractivity contribution in [2.75, 3.05) is 44.7 Å². The molecule has 0 radical (unpaired) electrons. The number of para-hydroxylation sites is 1. The fraction of sp³-hybridized carbons (Fsp3) is 0.393. The summed E-state index contributed by atoms with van der Waals surface area (Å²) in [6, 6.07) is 8.71. The van der Waals surface area contributed by atoms with Crippen molar-refractivity contribution >= 4 is 32.7 Å². The number of carbonyl (C=O) groups excluding carboxylic acids is 1. The Kier molecular flexibility index (Phi) is 7.32. The summed E-state index contributed by atoms with van der Waals surface area (Å²) in [6.07, 6.45) is -2.33. The highest BCUT2D eigenvalue weighted by molar-refractivity contribution is 7.22. The maximum atomic E-state index is 14.6. The number of carbonyl (C=O) groups is 1. The molecule has 0 spiro atoms. The molecule has 13 heteroatoms. The summed E-state index contributed by atoms with van der Waals surface area (Å²) in [5, 5.41) is 4.87. The number of esters is 1.